The summed E-state index contributed by atoms with van der Waals surface area (Å²) in [5.74, 6) is -2.66. The van der Waals surface area contributed by atoms with Gasteiger partial charge in [-0.3, -0.25) is 4.79 Å². The molecule has 0 aromatic heterocycles. The van der Waals surface area contributed by atoms with Crippen LogP contribution in [0.25, 0.3) is 0 Å². The predicted octanol–water partition coefficient (Wildman–Crippen LogP) is 0.959. The lowest BCUT2D eigenvalue weighted by molar-refractivity contribution is -0.146. The molecule has 0 saturated heterocycles. The molecular weight excluding hydrogens is 270 g/mol. The number of aliphatic carboxylic acids is 1. The van der Waals surface area contributed by atoms with Crippen molar-refractivity contribution in [3.63, 3.8) is 0 Å². The van der Waals surface area contributed by atoms with Crippen molar-refractivity contribution in [1.82, 2.24) is 5.32 Å². The van der Waals surface area contributed by atoms with Crippen molar-refractivity contribution in [3.8, 4) is 0 Å². The highest BCUT2D eigenvalue weighted by atomic mass is 32.2. The van der Waals surface area contributed by atoms with Gasteiger partial charge >= 0.3 is 5.97 Å². The third kappa shape index (κ3) is 4.81. The predicted molar refractivity (Wildman–Crippen MR) is 72.6 cm³/mol. The van der Waals surface area contributed by atoms with Crippen LogP contribution in [0.5, 0.6) is 0 Å². The maximum Gasteiger partial charge on any atom is 0.329 e. The van der Waals surface area contributed by atoms with Gasteiger partial charge in [-0.2, -0.15) is 0 Å². The number of carbonyl (C=O) groups is 2. The van der Waals surface area contributed by atoms with E-state index in [1.54, 1.807) is 6.92 Å². The van der Waals surface area contributed by atoms with Gasteiger partial charge in [0.05, 0.1) is 4.75 Å². The third-order valence-electron chi connectivity index (χ3n) is 2.89. The number of carboxylic acids is 1. The first-order valence-electron chi connectivity index (χ1n) is 6.12. The van der Waals surface area contributed by atoms with E-state index in [2.05, 4.69) is 5.32 Å². The fourth-order valence-corrected chi connectivity index (χ4v) is 2.31. The summed E-state index contributed by atoms with van der Waals surface area (Å²) < 4.78 is 22.7. The average Bonchev–Trinajstić information content (AvgIpc) is 2.14. The van der Waals surface area contributed by atoms with Gasteiger partial charge in [0, 0.05) is 0 Å². The Hall–Kier alpha value is -1.11. The van der Waals surface area contributed by atoms with E-state index in [1.807, 2.05) is 0 Å². The normalized spacial score (nSPS) is 15.6. The molecule has 1 unspecified atom stereocenters. The molecule has 112 valence electrons. The molecule has 0 spiro atoms. The van der Waals surface area contributed by atoms with Gasteiger partial charge in [-0.15, -0.1) is 0 Å². The molecule has 19 heavy (non-hydrogen) atoms. The number of carbonyl (C=O) groups excluding carboxylic acids is 1. The second-order valence-corrected chi connectivity index (χ2v) is 8.55. The number of carboxylic acid groups (broad SMARTS) is 1. The molecule has 7 heteroatoms. The number of nitrogens with one attached hydrogen (secondary N) is 1. The largest absolute Gasteiger partial charge is 0.480 e. The minimum absolute atomic E-state index is 0.240. The molecule has 0 bridgehead atoms. The zero-order valence-corrected chi connectivity index (χ0v) is 12.9. The number of sulfone groups is 1. The zero-order valence-electron chi connectivity index (χ0n) is 12.1. The Morgan fingerprint density at radius 2 is 1.63 bits per heavy atom. The van der Waals surface area contributed by atoms with Gasteiger partial charge in [-0.25, -0.2) is 13.2 Å². The molecule has 0 fully saturated rings. The van der Waals surface area contributed by atoms with Crippen molar-refractivity contribution in [3.05, 3.63) is 0 Å². The van der Waals surface area contributed by atoms with Gasteiger partial charge in [0.25, 0.3) is 0 Å². The lowest BCUT2D eigenvalue weighted by Gasteiger charge is -2.26. The minimum atomic E-state index is -3.61. The zero-order chi connectivity index (χ0) is 15.5. The summed E-state index contributed by atoms with van der Waals surface area (Å²) in [6.07, 6.45) is 0.804. The molecular formula is C12H23NO5S. The highest BCUT2D eigenvalue weighted by Gasteiger charge is 2.37. The topological polar surface area (TPSA) is 101 Å². The quantitative estimate of drug-likeness (QED) is 0.759. The highest BCUT2D eigenvalue weighted by molar-refractivity contribution is 7.93. The van der Waals surface area contributed by atoms with Gasteiger partial charge < -0.3 is 10.4 Å². The molecule has 0 aromatic rings. The first-order valence-corrected chi connectivity index (χ1v) is 7.77. The molecule has 1 atom stereocenters. The maximum atomic E-state index is 11.9. The van der Waals surface area contributed by atoms with Crippen molar-refractivity contribution in [2.45, 2.75) is 57.7 Å². The van der Waals surface area contributed by atoms with Crippen molar-refractivity contribution >= 4 is 21.7 Å². The van der Waals surface area contributed by atoms with Gasteiger partial charge in [0.2, 0.25) is 5.91 Å². The molecule has 6 nitrogen and oxygen atoms in total. The Balaban J connectivity index is 4.94. The second-order valence-electron chi connectivity index (χ2n) is 5.81. The van der Waals surface area contributed by atoms with Crippen LogP contribution in [-0.2, 0) is 19.4 Å². The number of hydrogen-bond acceptors (Lipinski definition) is 4. The van der Waals surface area contributed by atoms with E-state index in [0.29, 0.717) is 6.42 Å². The van der Waals surface area contributed by atoms with E-state index >= 15 is 0 Å². The van der Waals surface area contributed by atoms with E-state index in [0.717, 1.165) is 0 Å². The molecule has 2 N–H and O–H groups in total. The van der Waals surface area contributed by atoms with Crippen LogP contribution in [0.4, 0.5) is 0 Å². The SMILES string of the molecule is CCCC(C)(NC(=O)CS(=O)(=O)C(C)(C)C)C(=O)O. The number of amides is 1. The van der Waals surface area contributed by atoms with Crippen LogP contribution < -0.4 is 5.32 Å². The molecule has 0 saturated carbocycles. The van der Waals surface area contributed by atoms with Crippen molar-refractivity contribution in [2.75, 3.05) is 5.75 Å². The first kappa shape index (κ1) is 17.9. The standard InChI is InChI=1S/C12H23NO5S/c1-6-7-12(5,10(15)16)13-9(14)8-19(17,18)11(2,3)4/h6-8H2,1-5H3,(H,13,14)(H,15,16). The van der Waals surface area contributed by atoms with Crippen LogP contribution >= 0.6 is 0 Å². The van der Waals surface area contributed by atoms with E-state index < -0.39 is 37.8 Å². The maximum absolute atomic E-state index is 11.9. The van der Waals surface area contributed by atoms with Crippen molar-refractivity contribution in [2.24, 2.45) is 0 Å². The summed E-state index contributed by atoms with van der Waals surface area (Å²) in [6.45, 7) is 7.66. The molecule has 0 rings (SSSR count). The monoisotopic (exact) mass is 293 g/mol. The smallest absolute Gasteiger partial charge is 0.329 e. The van der Waals surface area contributed by atoms with Gasteiger partial charge in [0.1, 0.15) is 11.3 Å². The van der Waals surface area contributed by atoms with Crippen molar-refractivity contribution < 1.29 is 23.1 Å². The van der Waals surface area contributed by atoms with E-state index in [-0.39, 0.29) is 6.42 Å². The highest BCUT2D eigenvalue weighted by Crippen LogP contribution is 2.17. The summed E-state index contributed by atoms with van der Waals surface area (Å²) in [5.41, 5.74) is -1.43. The van der Waals surface area contributed by atoms with Crippen LogP contribution in [0.3, 0.4) is 0 Å². The summed E-state index contributed by atoms with van der Waals surface area (Å²) in [4.78, 5) is 22.9. The Labute approximate surface area is 114 Å². The fraction of sp³-hybridized carbons (Fsp3) is 0.833. The number of hydrogen-bond donors (Lipinski definition) is 2. The fourth-order valence-electron chi connectivity index (χ4n) is 1.46. The molecule has 0 aliphatic rings. The van der Waals surface area contributed by atoms with Gasteiger partial charge in [0.15, 0.2) is 9.84 Å². The van der Waals surface area contributed by atoms with Crippen LogP contribution in [0, 0.1) is 0 Å². The summed E-state index contributed by atoms with van der Waals surface area (Å²) in [7, 11) is -3.61. The Bertz CT molecular complexity index is 449. The summed E-state index contributed by atoms with van der Waals surface area (Å²) >= 11 is 0. The second kappa shape index (κ2) is 5.90. The van der Waals surface area contributed by atoms with Crippen LogP contribution in [-0.4, -0.2) is 41.4 Å². The van der Waals surface area contributed by atoms with Gasteiger partial charge in [-0.1, -0.05) is 13.3 Å². The van der Waals surface area contributed by atoms with E-state index in [4.69, 9.17) is 5.11 Å². The first-order chi connectivity index (χ1) is 8.35. The lowest BCUT2D eigenvalue weighted by atomic mass is 9.96. The Morgan fingerprint density at radius 1 is 1.16 bits per heavy atom. The third-order valence-corrected chi connectivity index (χ3v) is 5.40. The Morgan fingerprint density at radius 3 is 1.95 bits per heavy atom. The Kier molecular flexibility index (Phi) is 5.55. The molecule has 1 amide bonds. The number of rotatable bonds is 6. The van der Waals surface area contributed by atoms with Crippen LogP contribution in [0.2, 0.25) is 0 Å². The average molecular weight is 293 g/mol. The van der Waals surface area contributed by atoms with Crippen LogP contribution in [0.1, 0.15) is 47.5 Å². The molecule has 0 heterocycles. The van der Waals surface area contributed by atoms with Crippen molar-refractivity contribution in [1.29, 1.82) is 0 Å². The molecule has 0 aliphatic carbocycles. The van der Waals surface area contributed by atoms with E-state index in [1.165, 1.54) is 27.7 Å². The van der Waals surface area contributed by atoms with Gasteiger partial charge in [-0.05, 0) is 34.1 Å². The minimum Gasteiger partial charge on any atom is -0.480 e. The van der Waals surface area contributed by atoms with E-state index in [9.17, 15) is 18.0 Å². The molecule has 0 aromatic carbocycles. The molecule has 0 aliphatic heterocycles. The summed E-state index contributed by atoms with van der Waals surface area (Å²) in [5, 5.41) is 11.4. The lowest BCUT2D eigenvalue weighted by Crippen LogP contribution is -2.54. The molecule has 0 radical (unpaired) electrons. The van der Waals surface area contributed by atoms with Crippen LogP contribution in [0.15, 0.2) is 0 Å². The summed E-state index contributed by atoms with van der Waals surface area (Å²) in [6, 6.07) is 0.